The summed E-state index contributed by atoms with van der Waals surface area (Å²) in [7, 11) is 0. The van der Waals surface area contributed by atoms with Crippen molar-refractivity contribution >= 4 is 34.0 Å². The molecule has 0 bridgehead atoms. The van der Waals surface area contributed by atoms with Gasteiger partial charge >= 0.3 is 0 Å². The summed E-state index contributed by atoms with van der Waals surface area (Å²) in [4.78, 5) is 35.7. The number of nitrogens with zero attached hydrogens (tertiary/aromatic N) is 4. The monoisotopic (exact) mass is 478 g/mol. The number of carbonyl (C=O) groups is 2. The lowest BCUT2D eigenvalue weighted by molar-refractivity contribution is -0.143. The highest BCUT2D eigenvalue weighted by molar-refractivity contribution is 7.14. The lowest BCUT2D eigenvalue weighted by Gasteiger charge is -2.36. The number of anilines is 2. The number of hydrogen-bond donors (Lipinski definition) is 0. The van der Waals surface area contributed by atoms with Crippen LogP contribution >= 0.6 is 11.3 Å². The first-order chi connectivity index (χ1) is 16.6. The molecular formula is C25H26N4O4S. The summed E-state index contributed by atoms with van der Waals surface area (Å²) in [6.07, 6.45) is -0.613. The molecule has 0 N–H and O–H groups in total. The quantitative estimate of drug-likeness (QED) is 0.560. The molecular weight excluding hydrogens is 452 g/mol. The summed E-state index contributed by atoms with van der Waals surface area (Å²) >= 11 is 1.46. The Bertz CT molecular complexity index is 1160. The SMILES string of the molecule is CC(=O)N(c1ccccc1)c1nc(CN2CCN(C(=O)[C@@H]3COc4ccccc4O3)CC2)cs1. The zero-order chi connectivity index (χ0) is 23.5. The molecule has 34 heavy (non-hydrogen) atoms. The number of rotatable bonds is 5. The molecule has 0 saturated carbocycles. The molecule has 9 heteroatoms. The number of hydrogen-bond acceptors (Lipinski definition) is 7. The summed E-state index contributed by atoms with van der Waals surface area (Å²) in [5, 5.41) is 2.66. The second-order valence-corrected chi connectivity index (χ2v) is 9.11. The van der Waals surface area contributed by atoms with Gasteiger partial charge in [0.25, 0.3) is 5.91 Å². The maximum atomic E-state index is 13.0. The van der Waals surface area contributed by atoms with Gasteiger partial charge in [-0.25, -0.2) is 4.98 Å². The van der Waals surface area contributed by atoms with Crippen LogP contribution in [0.3, 0.4) is 0 Å². The molecule has 1 atom stereocenters. The van der Waals surface area contributed by atoms with Gasteiger partial charge in [-0.05, 0) is 24.3 Å². The average Bonchev–Trinajstić information content (AvgIpc) is 3.32. The molecule has 5 rings (SSSR count). The number of amides is 2. The summed E-state index contributed by atoms with van der Waals surface area (Å²) in [5.74, 6) is 1.18. The predicted molar refractivity (Wildman–Crippen MR) is 130 cm³/mol. The van der Waals surface area contributed by atoms with E-state index in [2.05, 4.69) is 4.90 Å². The maximum absolute atomic E-state index is 13.0. The fourth-order valence-electron chi connectivity index (χ4n) is 4.18. The fourth-order valence-corrected chi connectivity index (χ4v) is 5.05. The van der Waals surface area contributed by atoms with Crippen LogP contribution in [-0.2, 0) is 16.1 Å². The molecule has 1 aromatic heterocycles. The highest BCUT2D eigenvalue weighted by atomic mass is 32.1. The Hall–Kier alpha value is -3.43. The van der Waals surface area contributed by atoms with Gasteiger partial charge in [-0.2, -0.15) is 0 Å². The van der Waals surface area contributed by atoms with Crippen molar-refractivity contribution in [2.75, 3.05) is 37.7 Å². The van der Waals surface area contributed by atoms with Gasteiger partial charge in [0.1, 0.15) is 6.61 Å². The van der Waals surface area contributed by atoms with E-state index in [-0.39, 0.29) is 18.4 Å². The van der Waals surface area contributed by atoms with Crippen molar-refractivity contribution in [1.82, 2.24) is 14.8 Å². The molecule has 2 aliphatic rings. The first-order valence-corrected chi connectivity index (χ1v) is 12.2. The Morgan fingerprint density at radius 2 is 1.74 bits per heavy atom. The molecule has 8 nitrogen and oxygen atoms in total. The zero-order valence-electron chi connectivity index (χ0n) is 18.9. The van der Waals surface area contributed by atoms with E-state index in [1.54, 1.807) is 11.8 Å². The van der Waals surface area contributed by atoms with Gasteiger partial charge in [-0.15, -0.1) is 11.3 Å². The van der Waals surface area contributed by atoms with Crippen molar-refractivity contribution < 1.29 is 19.1 Å². The van der Waals surface area contributed by atoms with Crippen molar-refractivity contribution in [3.63, 3.8) is 0 Å². The maximum Gasteiger partial charge on any atom is 0.267 e. The second kappa shape index (κ2) is 9.82. The molecule has 3 heterocycles. The Morgan fingerprint density at radius 1 is 1.03 bits per heavy atom. The van der Waals surface area contributed by atoms with E-state index < -0.39 is 6.10 Å². The number of para-hydroxylation sites is 3. The van der Waals surface area contributed by atoms with Crippen molar-refractivity contribution in [2.45, 2.75) is 19.6 Å². The Labute approximate surface area is 202 Å². The van der Waals surface area contributed by atoms with Crippen LogP contribution in [0.15, 0.2) is 60.0 Å². The van der Waals surface area contributed by atoms with E-state index in [1.807, 2.05) is 64.9 Å². The lowest BCUT2D eigenvalue weighted by atomic mass is 10.2. The van der Waals surface area contributed by atoms with Crippen LogP contribution in [0.5, 0.6) is 11.5 Å². The van der Waals surface area contributed by atoms with Gasteiger partial charge in [0.15, 0.2) is 16.6 Å². The third kappa shape index (κ3) is 4.76. The Morgan fingerprint density at radius 3 is 2.47 bits per heavy atom. The molecule has 2 aromatic carbocycles. The van der Waals surface area contributed by atoms with E-state index in [0.29, 0.717) is 36.3 Å². The Balaban J connectivity index is 1.16. The third-order valence-electron chi connectivity index (χ3n) is 5.91. The van der Waals surface area contributed by atoms with E-state index in [1.165, 1.54) is 11.3 Å². The van der Waals surface area contributed by atoms with Crippen LogP contribution in [0, 0.1) is 0 Å². The average molecular weight is 479 g/mol. The number of piperazine rings is 1. The molecule has 176 valence electrons. The number of fused-ring (bicyclic) bond motifs is 1. The third-order valence-corrected chi connectivity index (χ3v) is 6.79. The molecule has 0 spiro atoms. The van der Waals surface area contributed by atoms with E-state index in [9.17, 15) is 9.59 Å². The topological polar surface area (TPSA) is 75.2 Å². The smallest absolute Gasteiger partial charge is 0.267 e. The van der Waals surface area contributed by atoms with Gasteiger partial charge in [-0.1, -0.05) is 30.3 Å². The minimum Gasteiger partial charge on any atom is -0.485 e. The first kappa shape index (κ1) is 22.4. The van der Waals surface area contributed by atoms with Crippen LogP contribution in [0.4, 0.5) is 10.8 Å². The number of aromatic nitrogens is 1. The molecule has 1 saturated heterocycles. The molecule has 1 fully saturated rings. The van der Waals surface area contributed by atoms with Crippen molar-refractivity contribution in [1.29, 1.82) is 0 Å². The van der Waals surface area contributed by atoms with E-state index >= 15 is 0 Å². The number of benzene rings is 2. The summed E-state index contributed by atoms with van der Waals surface area (Å²) in [6, 6.07) is 16.9. The van der Waals surface area contributed by atoms with Gasteiger partial charge in [0.2, 0.25) is 12.0 Å². The molecule has 2 amide bonds. The van der Waals surface area contributed by atoms with Crippen molar-refractivity contribution in [3.05, 3.63) is 65.7 Å². The normalized spacial score (nSPS) is 17.9. The van der Waals surface area contributed by atoms with Crippen LogP contribution < -0.4 is 14.4 Å². The van der Waals surface area contributed by atoms with E-state index in [0.717, 1.165) is 24.5 Å². The number of ether oxygens (including phenoxy) is 2. The number of carbonyl (C=O) groups excluding carboxylic acids is 2. The lowest BCUT2D eigenvalue weighted by Crippen LogP contribution is -2.53. The van der Waals surface area contributed by atoms with Crippen molar-refractivity contribution in [2.24, 2.45) is 0 Å². The molecule has 0 aliphatic carbocycles. The highest BCUT2D eigenvalue weighted by Crippen LogP contribution is 2.32. The van der Waals surface area contributed by atoms with Crippen LogP contribution in [0.1, 0.15) is 12.6 Å². The summed E-state index contributed by atoms with van der Waals surface area (Å²) < 4.78 is 11.6. The number of thiazole rings is 1. The molecule has 0 unspecified atom stereocenters. The first-order valence-electron chi connectivity index (χ1n) is 11.3. The molecule has 2 aliphatic heterocycles. The molecule has 0 radical (unpaired) electrons. The van der Waals surface area contributed by atoms with Gasteiger partial charge in [0.05, 0.1) is 11.4 Å². The largest absolute Gasteiger partial charge is 0.485 e. The summed E-state index contributed by atoms with van der Waals surface area (Å²) in [5.41, 5.74) is 1.72. The minimum atomic E-state index is -0.613. The summed E-state index contributed by atoms with van der Waals surface area (Å²) in [6.45, 7) is 5.20. The van der Waals surface area contributed by atoms with Crippen LogP contribution in [0.2, 0.25) is 0 Å². The van der Waals surface area contributed by atoms with Gasteiger partial charge < -0.3 is 14.4 Å². The van der Waals surface area contributed by atoms with Crippen LogP contribution in [0.25, 0.3) is 0 Å². The van der Waals surface area contributed by atoms with Gasteiger partial charge in [0, 0.05) is 45.0 Å². The predicted octanol–water partition coefficient (Wildman–Crippen LogP) is 3.31. The fraction of sp³-hybridized carbons (Fsp3) is 0.320. The standard InChI is InChI=1S/C25H26N4O4S/c1-18(30)29(20-7-3-2-4-8-20)25-26-19(17-34-25)15-27-11-13-28(14-12-27)24(31)23-16-32-21-9-5-6-10-22(21)33-23/h2-10,17,23H,11-16H2,1H3/t23-/m0/s1. The van der Waals surface area contributed by atoms with E-state index in [4.69, 9.17) is 14.5 Å². The van der Waals surface area contributed by atoms with Crippen molar-refractivity contribution in [3.8, 4) is 11.5 Å². The molecule has 3 aromatic rings. The Kier molecular flexibility index (Phi) is 6.46. The minimum absolute atomic E-state index is 0.0370. The second-order valence-electron chi connectivity index (χ2n) is 8.28. The van der Waals surface area contributed by atoms with Crippen LogP contribution in [-0.4, -0.2) is 65.5 Å². The van der Waals surface area contributed by atoms with Gasteiger partial charge in [-0.3, -0.25) is 19.4 Å². The highest BCUT2D eigenvalue weighted by Gasteiger charge is 2.32. The zero-order valence-corrected chi connectivity index (χ0v) is 19.7.